The normalized spacial score (nSPS) is 37.6. The fourth-order valence-electron chi connectivity index (χ4n) is 3.02. The van der Waals surface area contributed by atoms with E-state index in [1.165, 1.54) is 24.8 Å². The molecule has 1 saturated heterocycles. The Kier molecular flexibility index (Phi) is 2.49. The molecule has 3 unspecified atom stereocenters. The van der Waals surface area contributed by atoms with E-state index in [2.05, 4.69) is 30.3 Å². The Hall–Kier alpha value is -0.860. The first-order valence-electron chi connectivity index (χ1n) is 6.26. The van der Waals surface area contributed by atoms with Crippen LogP contribution in [0, 0.1) is 0 Å². The minimum Gasteiger partial charge on any atom is -0.366 e. The van der Waals surface area contributed by atoms with E-state index in [4.69, 9.17) is 10.5 Å². The van der Waals surface area contributed by atoms with Crippen molar-refractivity contribution in [1.82, 2.24) is 0 Å². The molecule has 1 spiro atoms. The summed E-state index contributed by atoms with van der Waals surface area (Å²) in [4.78, 5) is 0. The first kappa shape index (κ1) is 10.3. The quantitative estimate of drug-likeness (QED) is 0.772. The largest absolute Gasteiger partial charge is 0.366 e. The van der Waals surface area contributed by atoms with Gasteiger partial charge >= 0.3 is 0 Å². The maximum absolute atomic E-state index is 6.03. The van der Waals surface area contributed by atoms with Crippen molar-refractivity contribution >= 4 is 0 Å². The average molecular weight is 217 g/mol. The van der Waals surface area contributed by atoms with E-state index in [0.717, 1.165) is 12.8 Å². The second-order valence-corrected chi connectivity index (χ2v) is 5.22. The lowest BCUT2D eigenvalue weighted by molar-refractivity contribution is 0.218. The number of rotatable bonds is 2. The van der Waals surface area contributed by atoms with Gasteiger partial charge < -0.3 is 10.5 Å². The molecule has 1 saturated carbocycles. The Bertz CT molecular complexity index is 364. The van der Waals surface area contributed by atoms with Crippen LogP contribution in [-0.4, -0.2) is 17.7 Å². The van der Waals surface area contributed by atoms with E-state index in [-0.39, 0.29) is 5.60 Å². The van der Waals surface area contributed by atoms with Crippen LogP contribution < -0.4 is 5.73 Å². The highest BCUT2D eigenvalue weighted by Crippen LogP contribution is 2.49. The van der Waals surface area contributed by atoms with Crippen LogP contribution in [0.25, 0.3) is 0 Å². The lowest BCUT2D eigenvalue weighted by atomic mass is 9.82. The third kappa shape index (κ3) is 1.87. The molecule has 1 aromatic carbocycles. The molecule has 0 radical (unpaired) electrons. The molecule has 2 aliphatic rings. The Balaban J connectivity index is 1.63. The highest BCUT2D eigenvalue weighted by Gasteiger charge is 2.56. The van der Waals surface area contributed by atoms with E-state index in [0.29, 0.717) is 12.1 Å². The minimum atomic E-state index is 0.146. The van der Waals surface area contributed by atoms with Gasteiger partial charge in [-0.1, -0.05) is 30.3 Å². The SMILES string of the molecule is NC1CCCC2(C1)OC2Cc1ccccc1. The van der Waals surface area contributed by atoms with Gasteiger partial charge in [0, 0.05) is 12.5 Å². The minimum absolute atomic E-state index is 0.146. The number of nitrogens with two attached hydrogens (primary N) is 1. The zero-order chi connectivity index (χ0) is 11.0. The second kappa shape index (κ2) is 3.86. The van der Waals surface area contributed by atoms with E-state index in [1.807, 2.05) is 0 Å². The van der Waals surface area contributed by atoms with E-state index < -0.39 is 0 Å². The first-order chi connectivity index (χ1) is 7.78. The summed E-state index contributed by atoms with van der Waals surface area (Å²) in [5.74, 6) is 0. The summed E-state index contributed by atoms with van der Waals surface area (Å²) in [6.45, 7) is 0. The molecule has 2 heteroatoms. The molecule has 1 aromatic rings. The lowest BCUT2D eigenvalue weighted by Gasteiger charge is -2.24. The first-order valence-corrected chi connectivity index (χ1v) is 6.26. The van der Waals surface area contributed by atoms with E-state index in [1.54, 1.807) is 0 Å². The van der Waals surface area contributed by atoms with Crippen LogP contribution in [0.15, 0.2) is 30.3 Å². The molecule has 2 nitrogen and oxygen atoms in total. The number of ether oxygens (including phenoxy) is 1. The molecule has 1 aliphatic heterocycles. The third-order valence-corrected chi connectivity index (χ3v) is 3.95. The summed E-state index contributed by atoms with van der Waals surface area (Å²) >= 11 is 0. The fourth-order valence-corrected chi connectivity index (χ4v) is 3.02. The Labute approximate surface area is 96.8 Å². The Morgan fingerprint density at radius 3 is 2.88 bits per heavy atom. The van der Waals surface area contributed by atoms with Gasteiger partial charge in [-0.15, -0.1) is 0 Å². The molecule has 3 rings (SSSR count). The van der Waals surface area contributed by atoms with Crippen molar-refractivity contribution in [3.63, 3.8) is 0 Å². The van der Waals surface area contributed by atoms with Crippen LogP contribution in [0.3, 0.4) is 0 Å². The molecule has 3 atom stereocenters. The van der Waals surface area contributed by atoms with Crippen LogP contribution >= 0.6 is 0 Å². The van der Waals surface area contributed by atoms with Gasteiger partial charge in [-0.05, 0) is 31.2 Å². The standard InChI is InChI=1S/C14H19NO/c15-12-7-4-8-14(10-12)13(16-14)9-11-5-2-1-3-6-11/h1-3,5-6,12-13H,4,7-10,15H2. The Morgan fingerprint density at radius 2 is 2.12 bits per heavy atom. The van der Waals surface area contributed by atoms with Gasteiger partial charge in [0.2, 0.25) is 0 Å². The van der Waals surface area contributed by atoms with Gasteiger partial charge in [0.05, 0.1) is 11.7 Å². The summed E-state index contributed by atoms with van der Waals surface area (Å²) in [6.07, 6.45) is 6.13. The van der Waals surface area contributed by atoms with Crippen molar-refractivity contribution in [2.75, 3.05) is 0 Å². The smallest absolute Gasteiger partial charge is 0.0966 e. The van der Waals surface area contributed by atoms with E-state index >= 15 is 0 Å². The molecule has 1 heterocycles. The van der Waals surface area contributed by atoms with E-state index in [9.17, 15) is 0 Å². The summed E-state index contributed by atoms with van der Waals surface area (Å²) in [7, 11) is 0. The molecule has 0 amide bonds. The summed E-state index contributed by atoms with van der Waals surface area (Å²) in [5.41, 5.74) is 7.55. The second-order valence-electron chi connectivity index (χ2n) is 5.22. The fraction of sp³-hybridized carbons (Fsp3) is 0.571. The molecular weight excluding hydrogens is 198 g/mol. The van der Waals surface area contributed by atoms with Crippen LogP contribution in [0.2, 0.25) is 0 Å². The van der Waals surface area contributed by atoms with Crippen molar-refractivity contribution in [2.45, 2.75) is 49.9 Å². The molecule has 2 N–H and O–H groups in total. The topological polar surface area (TPSA) is 38.5 Å². The van der Waals surface area contributed by atoms with Crippen molar-refractivity contribution in [3.8, 4) is 0 Å². The monoisotopic (exact) mass is 217 g/mol. The van der Waals surface area contributed by atoms with Crippen LogP contribution in [0.4, 0.5) is 0 Å². The summed E-state index contributed by atoms with van der Waals surface area (Å²) in [6, 6.07) is 11.0. The van der Waals surface area contributed by atoms with Gasteiger partial charge in [-0.2, -0.15) is 0 Å². The molecule has 86 valence electrons. The molecule has 1 aliphatic carbocycles. The molecule has 0 aromatic heterocycles. The van der Waals surface area contributed by atoms with Crippen molar-refractivity contribution in [3.05, 3.63) is 35.9 Å². The predicted molar refractivity (Wildman–Crippen MR) is 64.2 cm³/mol. The zero-order valence-electron chi connectivity index (χ0n) is 9.56. The van der Waals surface area contributed by atoms with Crippen molar-refractivity contribution in [1.29, 1.82) is 0 Å². The van der Waals surface area contributed by atoms with Gasteiger partial charge in [-0.25, -0.2) is 0 Å². The molecule has 16 heavy (non-hydrogen) atoms. The predicted octanol–water partition coefficient (Wildman–Crippen LogP) is 2.27. The lowest BCUT2D eigenvalue weighted by Crippen LogP contribution is -2.34. The van der Waals surface area contributed by atoms with Crippen molar-refractivity contribution in [2.24, 2.45) is 5.73 Å². The number of hydrogen-bond acceptors (Lipinski definition) is 2. The zero-order valence-corrected chi connectivity index (χ0v) is 9.56. The van der Waals surface area contributed by atoms with Gasteiger partial charge in [0.15, 0.2) is 0 Å². The van der Waals surface area contributed by atoms with Crippen LogP contribution in [0.1, 0.15) is 31.2 Å². The third-order valence-electron chi connectivity index (χ3n) is 3.95. The summed E-state index contributed by atoms with van der Waals surface area (Å²) < 4.78 is 5.94. The number of benzene rings is 1. The maximum atomic E-state index is 6.03. The Morgan fingerprint density at radius 1 is 1.31 bits per heavy atom. The number of hydrogen-bond donors (Lipinski definition) is 1. The molecule has 2 fully saturated rings. The van der Waals surface area contributed by atoms with Crippen LogP contribution in [0.5, 0.6) is 0 Å². The summed E-state index contributed by atoms with van der Waals surface area (Å²) in [5, 5.41) is 0. The average Bonchev–Trinajstić information content (AvgIpc) is 2.91. The van der Waals surface area contributed by atoms with Crippen molar-refractivity contribution < 1.29 is 4.74 Å². The maximum Gasteiger partial charge on any atom is 0.0966 e. The highest BCUT2D eigenvalue weighted by atomic mass is 16.6. The van der Waals surface area contributed by atoms with Gasteiger partial charge in [0.25, 0.3) is 0 Å². The molecule has 0 bridgehead atoms. The van der Waals surface area contributed by atoms with Crippen LogP contribution in [-0.2, 0) is 11.2 Å². The van der Waals surface area contributed by atoms with Gasteiger partial charge in [0.1, 0.15) is 0 Å². The number of epoxide rings is 1. The molecular formula is C14H19NO. The highest BCUT2D eigenvalue weighted by molar-refractivity contribution is 5.20. The van der Waals surface area contributed by atoms with Gasteiger partial charge in [-0.3, -0.25) is 0 Å².